The summed E-state index contributed by atoms with van der Waals surface area (Å²) in [6.07, 6.45) is 0. The number of benzene rings is 2. The van der Waals surface area contributed by atoms with Crippen molar-refractivity contribution >= 4 is 38.3 Å². The summed E-state index contributed by atoms with van der Waals surface area (Å²) in [5.41, 5.74) is 2.48. The molecule has 0 saturated heterocycles. The molecule has 0 spiro atoms. The summed E-state index contributed by atoms with van der Waals surface area (Å²) in [5.74, 6) is 1.42. The second-order valence-corrected chi connectivity index (χ2v) is 11.3. The number of nitrogens with zero attached hydrogens (tertiary/aromatic N) is 4. The number of rotatable bonds is 3. The first-order chi connectivity index (χ1) is 15.3. The fourth-order valence-corrected chi connectivity index (χ4v) is 4.16. The standard InChI is InChI=1S/C26H30BrN5O/c1-16-14-22(32(29-16)26(5,6)7)28-23-21-15-18(27)10-13-20(21)24(33)31(30-23)19-11-8-17(9-12-19)25(2,3)4/h8-15H,1-7H3,(H,28,30). The van der Waals surface area contributed by atoms with Gasteiger partial charge >= 0.3 is 0 Å². The highest BCUT2D eigenvalue weighted by Crippen LogP contribution is 2.29. The van der Waals surface area contributed by atoms with Gasteiger partial charge in [-0.25, -0.2) is 4.68 Å². The molecule has 7 heteroatoms. The Labute approximate surface area is 202 Å². The van der Waals surface area contributed by atoms with Crippen LogP contribution in [0.2, 0.25) is 0 Å². The van der Waals surface area contributed by atoms with Gasteiger partial charge in [-0.05, 0) is 69.0 Å². The molecule has 1 N–H and O–H groups in total. The molecule has 4 rings (SSSR count). The van der Waals surface area contributed by atoms with Crippen molar-refractivity contribution < 1.29 is 0 Å². The van der Waals surface area contributed by atoms with Gasteiger partial charge in [-0.2, -0.15) is 9.78 Å². The summed E-state index contributed by atoms with van der Waals surface area (Å²) < 4.78 is 4.30. The average Bonchev–Trinajstić information content (AvgIpc) is 3.10. The molecule has 0 aliphatic carbocycles. The van der Waals surface area contributed by atoms with Gasteiger partial charge < -0.3 is 5.32 Å². The van der Waals surface area contributed by atoms with Crippen molar-refractivity contribution in [2.75, 3.05) is 5.32 Å². The third-order valence-electron chi connectivity index (χ3n) is 5.55. The van der Waals surface area contributed by atoms with Crippen LogP contribution in [0.25, 0.3) is 16.5 Å². The second kappa shape index (κ2) is 8.13. The SMILES string of the molecule is Cc1cc(Nc2nn(-c3ccc(C(C)(C)C)cc3)c(=O)c3ccc(Br)cc23)n(C(C)(C)C)n1. The maximum Gasteiger partial charge on any atom is 0.279 e. The number of aryl methyl sites for hydroxylation is 1. The van der Waals surface area contributed by atoms with Gasteiger partial charge in [-0.1, -0.05) is 48.8 Å². The first-order valence-corrected chi connectivity index (χ1v) is 11.8. The molecule has 0 fully saturated rings. The van der Waals surface area contributed by atoms with E-state index in [0.717, 1.165) is 27.1 Å². The number of aromatic nitrogens is 4. The van der Waals surface area contributed by atoms with E-state index in [1.165, 1.54) is 10.2 Å². The molecule has 2 heterocycles. The van der Waals surface area contributed by atoms with Crippen LogP contribution < -0.4 is 10.9 Å². The Kier molecular flexibility index (Phi) is 5.73. The van der Waals surface area contributed by atoms with Crippen LogP contribution in [0.3, 0.4) is 0 Å². The van der Waals surface area contributed by atoms with E-state index in [1.807, 2.05) is 48.0 Å². The van der Waals surface area contributed by atoms with Crippen LogP contribution in [0.1, 0.15) is 52.8 Å². The van der Waals surface area contributed by atoms with Crippen LogP contribution in [0.15, 0.2) is 57.8 Å². The normalized spacial score (nSPS) is 12.4. The Balaban J connectivity index is 1.91. The highest BCUT2D eigenvalue weighted by molar-refractivity contribution is 9.10. The minimum atomic E-state index is -0.218. The largest absolute Gasteiger partial charge is 0.323 e. The first kappa shape index (κ1) is 23.2. The molecule has 0 saturated carbocycles. The lowest BCUT2D eigenvalue weighted by molar-refractivity contribution is 0.359. The van der Waals surface area contributed by atoms with E-state index in [-0.39, 0.29) is 16.5 Å². The summed E-state index contributed by atoms with van der Waals surface area (Å²) in [6.45, 7) is 14.8. The highest BCUT2D eigenvalue weighted by atomic mass is 79.9. The predicted molar refractivity (Wildman–Crippen MR) is 139 cm³/mol. The predicted octanol–water partition coefficient (Wildman–Crippen LogP) is 6.45. The lowest BCUT2D eigenvalue weighted by atomic mass is 9.87. The number of nitrogens with one attached hydrogen (secondary N) is 1. The van der Waals surface area contributed by atoms with Crippen LogP contribution in [-0.2, 0) is 11.0 Å². The molecule has 0 bridgehead atoms. The van der Waals surface area contributed by atoms with Gasteiger partial charge in [0.2, 0.25) is 0 Å². The zero-order valence-electron chi connectivity index (χ0n) is 20.2. The Morgan fingerprint density at radius 1 is 0.879 bits per heavy atom. The van der Waals surface area contributed by atoms with E-state index < -0.39 is 0 Å². The third kappa shape index (κ3) is 4.60. The Morgan fingerprint density at radius 2 is 1.55 bits per heavy atom. The summed E-state index contributed by atoms with van der Waals surface area (Å²) in [7, 11) is 0. The first-order valence-electron chi connectivity index (χ1n) is 11.0. The average molecular weight is 508 g/mol. The molecule has 0 amide bonds. The maximum absolute atomic E-state index is 13.4. The van der Waals surface area contributed by atoms with Gasteiger partial charge in [0.1, 0.15) is 5.82 Å². The molecular formula is C26H30BrN5O. The number of hydrogen-bond donors (Lipinski definition) is 1. The molecule has 2 aromatic carbocycles. The van der Waals surface area contributed by atoms with Gasteiger partial charge in [0.05, 0.1) is 22.3 Å². The monoisotopic (exact) mass is 507 g/mol. The van der Waals surface area contributed by atoms with Crippen LogP contribution in [0, 0.1) is 6.92 Å². The number of hydrogen-bond acceptors (Lipinski definition) is 4. The van der Waals surface area contributed by atoms with E-state index in [4.69, 9.17) is 5.10 Å². The third-order valence-corrected chi connectivity index (χ3v) is 6.04. The topological polar surface area (TPSA) is 64.7 Å². The molecular weight excluding hydrogens is 478 g/mol. The molecule has 33 heavy (non-hydrogen) atoms. The van der Waals surface area contributed by atoms with Crippen molar-refractivity contribution in [2.45, 2.75) is 59.4 Å². The fraction of sp³-hybridized carbons (Fsp3) is 0.346. The molecule has 0 aliphatic rings. The van der Waals surface area contributed by atoms with Gasteiger partial charge in [0.15, 0.2) is 5.82 Å². The van der Waals surface area contributed by atoms with Gasteiger partial charge in [0.25, 0.3) is 5.56 Å². The molecule has 6 nitrogen and oxygen atoms in total. The van der Waals surface area contributed by atoms with Gasteiger partial charge in [-0.15, -0.1) is 5.10 Å². The lowest BCUT2D eigenvalue weighted by Crippen LogP contribution is -2.26. The van der Waals surface area contributed by atoms with Crippen molar-refractivity contribution in [3.63, 3.8) is 0 Å². The molecule has 2 aromatic heterocycles. The van der Waals surface area contributed by atoms with Crippen LogP contribution in [-0.4, -0.2) is 19.6 Å². The molecule has 4 aromatic rings. The zero-order chi connectivity index (χ0) is 24.1. The minimum absolute atomic E-state index is 0.0303. The highest BCUT2D eigenvalue weighted by Gasteiger charge is 2.21. The fourth-order valence-electron chi connectivity index (χ4n) is 3.80. The summed E-state index contributed by atoms with van der Waals surface area (Å²) in [5, 5.41) is 14.2. The van der Waals surface area contributed by atoms with Crippen molar-refractivity contribution in [2.24, 2.45) is 0 Å². The molecule has 172 valence electrons. The number of halogens is 1. The number of fused-ring (bicyclic) bond motifs is 1. The van der Waals surface area contributed by atoms with E-state index in [2.05, 4.69) is 80.0 Å². The van der Waals surface area contributed by atoms with Gasteiger partial charge in [0, 0.05) is 15.9 Å². The molecule has 0 atom stereocenters. The minimum Gasteiger partial charge on any atom is -0.323 e. The van der Waals surface area contributed by atoms with Crippen LogP contribution in [0.5, 0.6) is 0 Å². The van der Waals surface area contributed by atoms with Crippen molar-refractivity contribution in [1.29, 1.82) is 0 Å². The van der Waals surface area contributed by atoms with Crippen molar-refractivity contribution in [3.8, 4) is 5.69 Å². The zero-order valence-corrected chi connectivity index (χ0v) is 21.8. The maximum atomic E-state index is 13.4. The van der Waals surface area contributed by atoms with E-state index >= 15 is 0 Å². The van der Waals surface area contributed by atoms with Gasteiger partial charge in [-0.3, -0.25) is 4.79 Å². The van der Waals surface area contributed by atoms with E-state index in [0.29, 0.717) is 11.2 Å². The summed E-state index contributed by atoms with van der Waals surface area (Å²) in [4.78, 5) is 13.4. The van der Waals surface area contributed by atoms with Crippen molar-refractivity contribution in [3.05, 3.63) is 74.6 Å². The Bertz CT molecular complexity index is 1390. The summed E-state index contributed by atoms with van der Waals surface area (Å²) in [6, 6.07) is 15.6. The Hall–Kier alpha value is -2.93. The number of anilines is 2. The molecule has 0 aliphatic heterocycles. The lowest BCUT2D eigenvalue weighted by Gasteiger charge is -2.23. The summed E-state index contributed by atoms with van der Waals surface area (Å²) >= 11 is 3.53. The Morgan fingerprint density at radius 3 is 2.15 bits per heavy atom. The smallest absolute Gasteiger partial charge is 0.279 e. The molecule has 0 radical (unpaired) electrons. The van der Waals surface area contributed by atoms with Crippen LogP contribution >= 0.6 is 15.9 Å². The molecule has 0 unspecified atom stereocenters. The van der Waals surface area contributed by atoms with E-state index in [1.54, 1.807) is 0 Å². The van der Waals surface area contributed by atoms with E-state index in [9.17, 15) is 4.79 Å². The quantitative estimate of drug-likeness (QED) is 0.346. The van der Waals surface area contributed by atoms with Crippen molar-refractivity contribution in [1.82, 2.24) is 19.6 Å². The van der Waals surface area contributed by atoms with Crippen LogP contribution in [0.4, 0.5) is 11.6 Å². The second-order valence-electron chi connectivity index (χ2n) is 10.4.